The molecule has 88 valence electrons. The first-order valence-corrected chi connectivity index (χ1v) is 6.25. The predicted molar refractivity (Wildman–Crippen MR) is 69.7 cm³/mol. The summed E-state index contributed by atoms with van der Waals surface area (Å²) in [6, 6.07) is 9.37. The average molecular weight is 218 g/mol. The van der Waals surface area contributed by atoms with Crippen molar-refractivity contribution in [1.82, 2.24) is 4.90 Å². The molecule has 1 aliphatic carbocycles. The Labute approximate surface area is 98.7 Å². The summed E-state index contributed by atoms with van der Waals surface area (Å²) in [5, 5.41) is 3.69. The van der Waals surface area contributed by atoms with Crippen LogP contribution >= 0.6 is 0 Å². The summed E-state index contributed by atoms with van der Waals surface area (Å²) in [5.74, 6) is 0. The molecule has 16 heavy (non-hydrogen) atoms. The Morgan fingerprint density at radius 3 is 2.56 bits per heavy atom. The summed E-state index contributed by atoms with van der Waals surface area (Å²) in [7, 11) is 4.23. The molecule has 0 aliphatic heterocycles. The van der Waals surface area contributed by atoms with E-state index in [1.807, 2.05) is 0 Å². The Morgan fingerprint density at radius 2 is 1.88 bits per heavy atom. The molecule has 2 heteroatoms. The van der Waals surface area contributed by atoms with Crippen molar-refractivity contribution in [1.29, 1.82) is 0 Å². The number of rotatable bonds is 4. The SMILES string of the molecule is CN(C)Cc1ccccc1NC1CCCC1. The molecular weight excluding hydrogens is 196 g/mol. The monoisotopic (exact) mass is 218 g/mol. The average Bonchev–Trinajstić information content (AvgIpc) is 2.73. The second kappa shape index (κ2) is 5.35. The van der Waals surface area contributed by atoms with Gasteiger partial charge in [-0.1, -0.05) is 31.0 Å². The molecule has 2 rings (SSSR count). The highest BCUT2D eigenvalue weighted by molar-refractivity contribution is 5.51. The minimum absolute atomic E-state index is 0.698. The molecule has 0 atom stereocenters. The Morgan fingerprint density at radius 1 is 1.19 bits per heavy atom. The first-order chi connectivity index (χ1) is 7.75. The van der Waals surface area contributed by atoms with Gasteiger partial charge in [-0.3, -0.25) is 0 Å². The van der Waals surface area contributed by atoms with E-state index < -0.39 is 0 Å². The van der Waals surface area contributed by atoms with Gasteiger partial charge in [0.05, 0.1) is 0 Å². The fraction of sp³-hybridized carbons (Fsp3) is 0.571. The molecule has 0 radical (unpaired) electrons. The van der Waals surface area contributed by atoms with Crippen LogP contribution in [0.5, 0.6) is 0 Å². The van der Waals surface area contributed by atoms with Gasteiger partial charge in [-0.25, -0.2) is 0 Å². The van der Waals surface area contributed by atoms with Crippen LogP contribution in [0.15, 0.2) is 24.3 Å². The van der Waals surface area contributed by atoms with Crippen molar-refractivity contribution in [3.05, 3.63) is 29.8 Å². The number of anilines is 1. The molecule has 0 amide bonds. The molecule has 1 N–H and O–H groups in total. The normalized spacial score (nSPS) is 16.9. The van der Waals surface area contributed by atoms with Gasteiger partial charge in [0.15, 0.2) is 0 Å². The van der Waals surface area contributed by atoms with E-state index in [1.165, 1.54) is 36.9 Å². The van der Waals surface area contributed by atoms with Gasteiger partial charge in [0, 0.05) is 18.3 Å². The Hall–Kier alpha value is -1.02. The molecule has 1 aromatic rings. The lowest BCUT2D eigenvalue weighted by Gasteiger charge is -2.19. The Bertz CT molecular complexity index is 327. The fourth-order valence-corrected chi connectivity index (χ4v) is 2.43. The van der Waals surface area contributed by atoms with E-state index in [1.54, 1.807) is 0 Å². The maximum absolute atomic E-state index is 3.69. The first kappa shape index (κ1) is 11.5. The van der Waals surface area contributed by atoms with Crippen molar-refractivity contribution in [3.63, 3.8) is 0 Å². The largest absolute Gasteiger partial charge is 0.382 e. The van der Waals surface area contributed by atoms with Gasteiger partial charge in [0.1, 0.15) is 0 Å². The van der Waals surface area contributed by atoms with Crippen LogP contribution in [0, 0.1) is 0 Å². The lowest BCUT2D eigenvalue weighted by Crippen LogP contribution is -2.18. The van der Waals surface area contributed by atoms with Crippen LogP contribution in [0.2, 0.25) is 0 Å². The number of nitrogens with zero attached hydrogens (tertiary/aromatic N) is 1. The van der Waals surface area contributed by atoms with E-state index in [0.29, 0.717) is 6.04 Å². The molecule has 1 saturated carbocycles. The van der Waals surface area contributed by atoms with Gasteiger partial charge in [-0.05, 0) is 38.6 Å². The van der Waals surface area contributed by atoms with Crippen LogP contribution in [0.25, 0.3) is 0 Å². The van der Waals surface area contributed by atoms with Crippen LogP contribution in [0.4, 0.5) is 5.69 Å². The fourth-order valence-electron chi connectivity index (χ4n) is 2.43. The number of hydrogen-bond donors (Lipinski definition) is 1. The van der Waals surface area contributed by atoms with Crippen LogP contribution < -0.4 is 5.32 Å². The molecule has 0 spiro atoms. The highest BCUT2D eigenvalue weighted by Crippen LogP contribution is 2.24. The van der Waals surface area contributed by atoms with E-state index in [9.17, 15) is 0 Å². The van der Waals surface area contributed by atoms with Crippen molar-refractivity contribution in [2.45, 2.75) is 38.3 Å². The third kappa shape index (κ3) is 2.99. The zero-order valence-corrected chi connectivity index (χ0v) is 10.4. The van der Waals surface area contributed by atoms with Crippen molar-refractivity contribution >= 4 is 5.69 Å². The number of hydrogen-bond acceptors (Lipinski definition) is 2. The third-order valence-electron chi connectivity index (χ3n) is 3.22. The molecule has 0 bridgehead atoms. The van der Waals surface area contributed by atoms with Gasteiger partial charge in [-0.15, -0.1) is 0 Å². The van der Waals surface area contributed by atoms with Crippen LogP contribution in [0.3, 0.4) is 0 Å². The Balaban J connectivity index is 2.06. The molecule has 0 unspecified atom stereocenters. The molecular formula is C14H22N2. The van der Waals surface area contributed by atoms with E-state index in [4.69, 9.17) is 0 Å². The van der Waals surface area contributed by atoms with E-state index in [-0.39, 0.29) is 0 Å². The predicted octanol–water partition coefficient (Wildman–Crippen LogP) is 3.10. The van der Waals surface area contributed by atoms with Crippen molar-refractivity contribution < 1.29 is 0 Å². The molecule has 1 aromatic carbocycles. The minimum atomic E-state index is 0.698. The van der Waals surface area contributed by atoms with E-state index >= 15 is 0 Å². The zero-order valence-electron chi connectivity index (χ0n) is 10.4. The van der Waals surface area contributed by atoms with E-state index in [0.717, 1.165) is 6.54 Å². The van der Waals surface area contributed by atoms with Crippen LogP contribution in [0.1, 0.15) is 31.2 Å². The van der Waals surface area contributed by atoms with Gasteiger partial charge in [0.25, 0.3) is 0 Å². The van der Waals surface area contributed by atoms with Gasteiger partial charge in [0.2, 0.25) is 0 Å². The maximum atomic E-state index is 3.69. The van der Waals surface area contributed by atoms with Crippen LogP contribution in [-0.4, -0.2) is 25.0 Å². The maximum Gasteiger partial charge on any atom is 0.0388 e. The molecule has 1 aliphatic rings. The second-order valence-electron chi connectivity index (χ2n) is 5.02. The van der Waals surface area contributed by atoms with E-state index in [2.05, 4.69) is 48.6 Å². The zero-order chi connectivity index (χ0) is 11.4. The number of benzene rings is 1. The highest BCUT2D eigenvalue weighted by atomic mass is 15.1. The summed E-state index contributed by atoms with van der Waals surface area (Å²) < 4.78 is 0. The quantitative estimate of drug-likeness (QED) is 0.835. The van der Waals surface area contributed by atoms with Crippen molar-refractivity contribution in [2.75, 3.05) is 19.4 Å². The van der Waals surface area contributed by atoms with Gasteiger partial charge >= 0.3 is 0 Å². The van der Waals surface area contributed by atoms with Gasteiger partial charge in [-0.2, -0.15) is 0 Å². The lowest BCUT2D eigenvalue weighted by atomic mass is 10.1. The first-order valence-electron chi connectivity index (χ1n) is 6.25. The standard InChI is InChI=1S/C14H22N2/c1-16(2)11-12-7-3-6-10-14(12)15-13-8-4-5-9-13/h3,6-7,10,13,15H,4-5,8-9,11H2,1-2H3. The topological polar surface area (TPSA) is 15.3 Å². The molecule has 2 nitrogen and oxygen atoms in total. The summed E-state index contributed by atoms with van der Waals surface area (Å²) >= 11 is 0. The minimum Gasteiger partial charge on any atom is -0.382 e. The van der Waals surface area contributed by atoms with Crippen LogP contribution in [-0.2, 0) is 6.54 Å². The van der Waals surface area contributed by atoms with Crippen molar-refractivity contribution in [3.8, 4) is 0 Å². The van der Waals surface area contributed by atoms with Crippen molar-refractivity contribution in [2.24, 2.45) is 0 Å². The smallest absolute Gasteiger partial charge is 0.0388 e. The third-order valence-corrected chi connectivity index (χ3v) is 3.22. The summed E-state index contributed by atoms with van der Waals surface area (Å²) in [4.78, 5) is 2.22. The molecule has 0 heterocycles. The number of para-hydroxylation sites is 1. The molecule has 1 fully saturated rings. The number of nitrogens with one attached hydrogen (secondary N) is 1. The molecule has 0 aromatic heterocycles. The summed E-state index contributed by atoms with van der Waals surface area (Å²) in [6.45, 7) is 1.01. The second-order valence-corrected chi connectivity index (χ2v) is 5.02. The lowest BCUT2D eigenvalue weighted by molar-refractivity contribution is 0.403. The Kier molecular flexibility index (Phi) is 3.83. The molecule has 0 saturated heterocycles. The highest BCUT2D eigenvalue weighted by Gasteiger charge is 2.15. The summed E-state index contributed by atoms with van der Waals surface area (Å²) in [5.41, 5.74) is 2.72. The van der Waals surface area contributed by atoms with Gasteiger partial charge < -0.3 is 10.2 Å². The summed E-state index contributed by atoms with van der Waals surface area (Å²) in [6.07, 6.45) is 5.42.